The van der Waals surface area contributed by atoms with Crippen LogP contribution >= 0.6 is 0 Å². The zero-order valence-electron chi connectivity index (χ0n) is 13.9. The van der Waals surface area contributed by atoms with Crippen LogP contribution in [0.25, 0.3) is 0 Å². The Bertz CT molecular complexity index is 886. The van der Waals surface area contributed by atoms with Gasteiger partial charge in [-0.25, -0.2) is 13.2 Å². The van der Waals surface area contributed by atoms with Crippen LogP contribution in [-0.4, -0.2) is 31.6 Å². The van der Waals surface area contributed by atoms with E-state index in [0.29, 0.717) is 12.1 Å². The van der Waals surface area contributed by atoms with Gasteiger partial charge < -0.3 is 9.30 Å². The fourth-order valence-electron chi connectivity index (χ4n) is 3.10. The lowest BCUT2D eigenvalue weighted by atomic mass is 10.1. The minimum atomic E-state index is -3.75. The molecule has 24 heavy (non-hydrogen) atoms. The highest BCUT2D eigenvalue weighted by molar-refractivity contribution is 7.92. The SMILES string of the molecule is CCOC(=O)c1cc(S(=O)(=O)N2c3ccccc3C[C@H]2C)cn1C. The Hall–Kier alpha value is -2.28. The molecule has 128 valence electrons. The quantitative estimate of drug-likeness (QED) is 0.796. The number of aryl methyl sites for hydroxylation is 1. The first-order valence-corrected chi connectivity index (χ1v) is 9.26. The fourth-order valence-corrected chi connectivity index (χ4v) is 4.86. The van der Waals surface area contributed by atoms with Crippen molar-refractivity contribution in [2.45, 2.75) is 31.2 Å². The van der Waals surface area contributed by atoms with E-state index >= 15 is 0 Å². The number of hydrogen-bond acceptors (Lipinski definition) is 4. The van der Waals surface area contributed by atoms with Gasteiger partial charge in [0, 0.05) is 19.3 Å². The van der Waals surface area contributed by atoms with Gasteiger partial charge in [0.05, 0.1) is 12.3 Å². The summed E-state index contributed by atoms with van der Waals surface area (Å²) in [4.78, 5) is 12.0. The van der Waals surface area contributed by atoms with Gasteiger partial charge in [0.25, 0.3) is 10.0 Å². The Kier molecular flexibility index (Phi) is 4.13. The van der Waals surface area contributed by atoms with Gasteiger partial charge in [-0.1, -0.05) is 18.2 Å². The molecule has 0 amide bonds. The van der Waals surface area contributed by atoms with Crippen LogP contribution in [0.3, 0.4) is 0 Å². The maximum atomic E-state index is 13.1. The largest absolute Gasteiger partial charge is 0.461 e. The van der Waals surface area contributed by atoms with Gasteiger partial charge >= 0.3 is 5.97 Å². The number of ether oxygens (including phenoxy) is 1. The summed E-state index contributed by atoms with van der Waals surface area (Å²) in [6, 6.07) is 8.69. The summed E-state index contributed by atoms with van der Waals surface area (Å²) in [5.74, 6) is -0.531. The highest BCUT2D eigenvalue weighted by Crippen LogP contribution is 2.36. The van der Waals surface area contributed by atoms with Crippen molar-refractivity contribution in [3.8, 4) is 0 Å². The van der Waals surface area contributed by atoms with E-state index in [4.69, 9.17) is 4.74 Å². The lowest BCUT2D eigenvalue weighted by Gasteiger charge is -2.23. The molecule has 2 heterocycles. The van der Waals surface area contributed by atoms with Gasteiger partial charge in [-0.3, -0.25) is 4.31 Å². The van der Waals surface area contributed by atoms with Crippen LogP contribution in [0.5, 0.6) is 0 Å². The van der Waals surface area contributed by atoms with Gasteiger partial charge in [0.2, 0.25) is 0 Å². The molecule has 1 aliphatic heterocycles. The Balaban J connectivity index is 2.03. The summed E-state index contributed by atoms with van der Waals surface area (Å²) >= 11 is 0. The van der Waals surface area contributed by atoms with Crippen LogP contribution in [0, 0.1) is 0 Å². The van der Waals surface area contributed by atoms with E-state index in [9.17, 15) is 13.2 Å². The zero-order valence-corrected chi connectivity index (χ0v) is 14.7. The predicted octanol–water partition coefficient (Wildman–Crippen LogP) is 2.34. The molecule has 0 radical (unpaired) electrons. The first kappa shape index (κ1) is 16.6. The number of anilines is 1. The molecule has 1 aliphatic rings. The Morgan fingerprint density at radius 2 is 2.04 bits per heavy atom. The molecule has 0 fully saturated rings. The Labute approximate surface area is 141 Å². The molecular formula is C17H20N2O4S. The van der Waals surface area contributed by atoms with Gasteiger partial charge in [0.15, 0.2) is 0 Å². The first-order valence-electron chi connectivity index (χ1n) is 7.82. The third-order valence-electron chi connectivity index (χ3n) is 4.17. The number of esters is 1. The van der Waals surface area contributed by atoms with Crippen molar-refractivity contribution in [1.82, 2.24) is 4.57 Å². The monoisotopic (exact) mass is 348 g/mol. The minimum Gasteiger partial charge on any atom is -0.461 e. The summed E-state index contributed by atoms with van der Waals surface area (Å²) in [6.45, 7) is 3.83. The standard InChI is InChI=1S/C17H20N2O4S/c1-4-23-17(20)16-10-14(11-18(16)3)24(21,22)19-12(2)9-13-7-5-6-8-15(13)19/h5-8,10-12H,4,9H2,1-3H3/t12-/m1/s1. The molecule has 0 saturated heterocycles. The van der Waals surface area contributed by atoms with Crippen LogP contribution in [-0.2, 0) is 28.2 Å². The Morgan fingerprint density at radius 3 is 2.75 bits per heavy atom. The predicted molar refractivity (Wildman–Crippen MR) is 90.6 cm³/mol. The van der Waals surface area contributed by atoms with E-state index in [0.717, 1.165) is 5.56 Å². The minimum absolute atomic E-state index is 0.0941. The molecule has 1 atom stereocenters. The molecule has 0 bridgehead atoms. The van der Waals surface area contributed by atoms with Gasteiger partial charge in [0.1, 0.15) is 10.6 Å². The zero-order chi connectivity index (χ0) is 17.5. The van der Waals surface area contributed by atoms with Crippen molar-refractivity contribution in [3.63, 3.8) is 0 Å². The average Bonchev–Trinajstić information content (AvgIpc) is 3.07. The Morgan fingerprint density at radius 1 is 1.33 bits per heavy atom. The number of aromatic nitrogens is 1. The van der Waals surface area contributed by atoms with Gasteiger partial charge in [-0.05, 0) is 38.0 Å². The van der Waals surface area contributed by atoms with Crippen LogP contribution in [0.4, 0.5) is 5.69 Å². The summed E-state index contributed by atoms with van der Waals surface area (Å²) in [5.41, 5.74) is 1.93. The number of fused-ring (bicyclic) bond motifs is 1. The average molecular weight is 348 g/mol. The number of rotatable bonds is 4. The number of para-hydroxylation sites is 1. The van der Waals surface area contributed by atoms with Crippen LogP contribution in [0.1, 0.15) is 29.9 Å². The van der Waals surface area contributed by atoms with Crippen molar-refractivity contribution in [2.75, 3.05) is 10.9 Å². The second-order valence-electron chi connectivity index (χ2n) is 5.88. The summed E-state index contributed by atoms with van der Waals surface area (Å²) < 4.78 is 34.1. The van der Waals surface area contributed by atoms with E-state index in [-0.39, 0.29) is 23.2 Å². The molecule has 7 heteroatoms. The fraction of sp³-hybridized carbons (Fsp3) is 0.353. The van der Waals surface area contributed by atoms with E-state index < -0.39 is 16.0 Å². The molecule has 0 unspecified atom stereocenters. The highest BCUT2D eigenvalue weighted by atomic mass is 32.2. The number of benzene rings is 1. The first-order chi connectivity index (χ1) is 11.4. The van der Waals surface area contributed by atoms with Gasteiger partial charge in [-0.15, -0.1) is 0 Å². The van der Waals surface area contributed by atoms with Crippen molar-refractivity contribution in [1.29, 1.82) is 0 Å². The molecule has 2 aromatic rings. The number of nitrogens with zero attached hydrogens (tertiary/aromatic N) is 2. The van der Waals surface area contributed by atoms with Gasteiger partial charge in [-0.2, -0.15) is 0 Å². The van der Waals surface area contributed by atoms with E-state index in [2.05, 4.69) is 0 Å². The molecule has 0 N–H and O–H groups in total. The highest BCUT2D eigenvalue weighted by Gasteiger charge is 2.37. The lowest BCUT2D eigenvalue weighted by Crippen LogP contribution is -2.35. The van der Waals surface area contributed by atoms with Crippen LogP contribution < -0.4 is 4.31 Å². The summed E-state index contributed by atoms with van der Waals surface area (Å²) in [5, 5.41) is 0. The lowest BCUT2D eigenvalue weighted by molar-refractivity contribution is 0.0515. The summed E-state index contributed by atoms with van der Waals surface area (Å²) in [6.07, 6.45) is 2.13. The number of carbonyl (C=O) groups is 1. The molecule has 6 nitrogen and oxygen atoms in total. The normalized spacial score (nSPS) is 17.0. The smallest absolute Gasteiger partial charge is 0.354 e. The molecule has 3 rings (SSSR count). The molecule has 0 spiro atoms. The third kappa shape index (κ3) is 2.58. The number of hydrogen-bond donors (Lipinski definition) is 0. The molecule has 0 saturated carbocycles. The van der Waals surface area contributed by atoms with Crippen molar-refractivity contribution < 1.29 is 17.9 Å². The van der Waals surface area contributed by atoms with Crippen molar-refractivity contribution in [2.24, 2.45) is 7.05 Å². The summed E-state index contributed by atoms with van der Waals surface area (Å²) in [7, 11) is -2.12. The molecule has 1 aromatic carbocycles. The molecular weight excluding hydrogens is 328 g/mol. The van der Waals surface area contributed by atoms with E-state index in [1.807, 2.05) is 31.2 Å². The van der Waals surface area contributed by atoms with Crippen LogP contribution in [0.2, 0.25) is 0 Å². The molecule has 1 aromatic heterocycles. The number of carbonyl (C=O) groups excluding carboxylic acids is 1. The second kappa shape index (κ2) is 5.98. The third-order valence-corrected chi connectivity index (χ3v) is 6.06. The van der Waals surface area contributed by atoms with E-state index in [1.54, 1.807) is 14.0 Å². The topological polar surface area (TPSA) is 68.6 Å². The maximum absolute atomic E-state index is 13.1. The second-order valence-corrected chi connectivity index (χ2v) is 7.69. The number of sulfonamides is 1. The van der Waals surface area contributed by atoms with Crippen LogP contribution in [0.15, 0.2) is 41.4 Å². The maximum Gasteiger partial charge on any atom is 0.354 e. The van der Waals surface area contributed by atoms with E-state index in [1.165, 1.54) is 21.1 Å². The van der Waals surface area contributed by atoms with Crippen molar-refractivity contribution in [3.05, 3.63) is 47.8 Å². The molecule has 0 aliphatic carbocycles. The van der Waals surface area contributed by atoms with Crippen molar-refractivity contribution >= 4 is 21.7 Å².